The van der Waals surface area contributed by atoms with Crippen molar-refractivity contribution in [3.05, 3.63) is 24.3 Å². The Morgan fingerprint density at radius 1 is 1.29 bits per heavy atom. The zero-order valence-electron chi connectivity index (χ0n) is 10.5. The number of carbonyl (C=O) groups is 1. The Bertz CT molecular complexity index is 348. The number of benzene rings is 1. The van der Waals surface area contributed by atoms with Crippen LogP contribution in [0.2, 0.25) is 0 Å². The predicted octanol–water partition coefficient (Wildman–Crippen LogP) is 3.43. The quantitative estimate of drug-likeness (QED) is 0.853. The van der Waals surface area contributed by atoms with Crippen LogP contribution in [0.3, 0.4) is 0 Å². The third-order valence-electron chi connectivity index (χ3n) is 2.29. The van der Waals surface area contributed by atoms with Crippen molar-refractivity contribution in [2.75, 3.05) is 11.9 Å². The minimum Gasteiger partial charge on any atom is -0.494 e. The van der Waals surface area contributed by atoms with Crippen molar-refractivity contribution < 1.29 is 14.3 Å². The summed E-state index contributed by atoms with van der Waals surface area (Å²) in [6.45, 7) is 6.38. The summed E-state index contributed by atoms with van der Waals surface area (Å²) in [7, 11) is 0. The average Bonchev–Trinajstić information content (AvgIpc) is 2.31. The van der Waals surface area contributed by atoms with Crippen molar-refractivity contribution in [3.8, 4) is 5.75 Å². The van der Waals surface area contributed by atoms with E-state index in [0.717, 1.165) is 12.2 Å². The molecule has 94 valence electrons. The third kappa shape index (κ3) is 4.76. The Balaban J connectivity index is 2.48. The van der Waals surface area contributed by atoms with Gasteiger partial charge < -0.3 is 9.47 Å². The van der Waals surface area contributed by atoms with Crippen molar-refractivity contribution in [2.24, 2.45) is 0 Å². The lowest BCUT2D eigenvalue weighted by Gasteiger charge is -2.12. The number of anilines is 1. The van der Waals surface area contributed by atoms with Crippen molar-refractivity contribution in [2.45, 2.75) is 33.3 Å². The highest BCUT2D eigenvalue weighted by molar-refractivity contribution is 5.84. The Morgan fingerprint density at radius 3 is 2.47 bits per heavy atom. The topological polar surface area (TPSA) is 47.6 Å². The summed E-state index contributed by atoms with van der Waals surface area (Å²) in [5.41, 5.74) is 0.696. The summed E-state index contributed by atoms with van der Waals surface area (Å²) >= 11 is 0. The fraction of sp³-hybridized carbons (Fsp3) is 0.462. The van der Waals surface area contributed by atoms with E-state index in [2.05, 4.69) is 5.32 Å². The van der Waals surface area contributed by atoms with E-state index in [9.17, 15) is 4.79 Å². The first-order valence-corrected chi connectivity index (χ1v) is 5.86. The molecule has 0 aliphatic heterocycles. The van der Waals surface area contributed by atoms with E-state index in [1.807, 2.05) is 32.9 Å². The van der Waals surface area contributed by atoms with E-state index in [-0.39, 0.29) is 6.10 Å². The highest BCUT2D eigenvalue weighted by Gasteiger charge is 2.07. The number of ether oxygens (including phenoxy) is 2. The lowest BCUT2D eigenvalue weighted by atomic mass is 10.3. The number of nitrogens with one attached hydrogen (secondary N) is 1. The van der Waals surface area contributed by atoms with Gasteiger partial charge in [-0.2, -0.15) is 0 Å². The van der Waals surface area contributed by atoms with Crippen LogP contribution in [0.25, 0.3) is 0 Å². The minimum absolute atomic E-state index is 0.0716. The molecule has 1 aromatic carbocycles. The number of carbonyl (C=O) groups excluding carboxylic acids is 1. The van der Waals surface area contributed by atoms with Gasteiger partial charge in [0.05, 0.1) is 6.61 Å². The lowest BCUT2D eigenvalue weighted by Crippen LogP contribution is -2.19. The maximum Gasteiger partial charge on any atom is 0.411 e. The first-order valence-electron chi connectivity index (χ1n) is 5.86. The fourth-order valence-corrected chi connectivity index (χ4v) is 1.21. The Labute approximate surface area is 102 Å². The van der Waals surface area contributed by atoms with Crippen LogP contribution in [0.15, 0.2) is 24.3 Å². The van der Waals surface area contributed by atoms with Crippen molar-refractivity contribution in [1.82, 2.24) is 0 Å². The molecule has 4 heteroatoms. The molecular weight excluding hydrogens is 218 g/mol. The zero-order valence-corrected chi connectivity index (χ0v) is 10.5. The van der Waals surface area contributed by atoms with Gasteiger partial charge in [-0.05, 0) is 44.5 Å². The second-order valence-corrected chi connectivity index (χ2v) is 3.71. The van der Waals surface area contributed by atoms with Gasteiger partial charge in [0.25, 0.3) is 0 Å². The number of rotatable bonds is 5. The smallest absolute Gasteiger partial charge is 0.411 e. The average molecular weight is 237 g/mol. The van der Waals surface area contributed by atoms with Crippen molar-refractivity contribution in [1.29, 1.82) is 0 Å². The molecule has 0 fully saturated rings. The van der Waals surface area contributed by atoms with Gasteiger partial charge in [-0.3, -0.25) is 5.32 Å². The molecule has 1 amide bonds. The number of amides is 1. The van der Waals surface area contributed by atoms with Crippen LogP contribution in [-0.4, -0.2) is 18.8 Å². The van der Waals surface area contributed by atoms with Crippen LogP contribution < -0.4 is 10.1 Å². The summed E-state index contributed by atoms with van der Waals surface area (Å²) in [4.78, 5) is 11.4. The Morgan fingerprint density at radius 2 is 1.94 bits per heavy atom. The van der Waals surface area contributed by atoms with Crippen LogP contribution in [-0.2, 0) is 4.74 Å². The molecule has 1 unspecified atom stereocenters. The summed E-state index contributed by atoms with van der Waals surface area (Å²) in [5, 5.41) is 2.66. The first kappa shape index (κ1) is 13.4. The molecule has 0 spiro atoms. The van der Waals surface area contributed by atoms with Crippen LogP contribution in [0.4, 0.5) is 10.5 Å². The molecule has 0 heterocycles. The normalized spacial score (nSPS) is 11.7. The molecule has 1 rings (SSSR count). The summed E-state index contributed by atoms with van der Waals surface area (Å²) < 4.78 is 10.4. The van der Waals surface area contributed by atoms with Gasteiger partial charge in [0.15, 0.2) is 0 Å². The zero-order chi connectivity index (χ0) is 12.7. The summed E-state index contributed by atoms with van der Waals surface area (Å²) in [6.07, 6.45) is 0.303. The van der Waals surface area contributed by atoms with Gasteiger partial charge in [0, 0.05) is 5.69 Å². The van der Waals surface area contributed by atoms with E-state index in [4.69, 9.17) is 9.47 Å². The first-order chi connectivity index (χ1) is 8.15. The van der Waals surface area contributed by atoms with Gasteiger partial charge in [-0.25, -0.2) is 4.79 Å². The summed E-state index contributed by atoms with van der Waals surface area (Å²) in [6, 6.07) is 7.18. The van der Waals surface area contributed by atoms with Crippen LogP contribution in [0.5, 0.6) is 5.75 Å². The van der Waals surface area contributed by atoms with Gasteiger partial charge in [0.2, 0.25) is 0 Å². The highest BCUT2D eigenvalue weighted by atomic mass is 16.6. The molecule has 1 aromatic rings. The van der Waals surface area contributed by atoms with Crippen LogP contribution in [0, 0.1) is 0 Å². The molecule has 0 bridgehead atoms. The molecule has 0 aromatic heterocycles. The molecule has 0 radical (unpaired) electrons. The molecule has 0 saturated carbocycles. The second-order valence-electron chi connectivity index (χ2n) is 3.71. The van der Waals surface area contributed by atoms with Crippen molar-refractivity contribution >= 4 is 11.8 Å². The van der Waals surface area contributed by atoms with Crippen LogP contribution >= 0.6 is 0 Å². The molecule has 1 atom stereocenters. The highest BCUT2D eigenvalue weighted by Crippen LogP contribution is 2.15. The number of hydrogen-bond donors (Lipinski definition) is 1. The third-order valence-corrected chi connectivity index (χ3v) is 2.29. The predicted molar refractivity (Wildman–Crippen MR) is 67.5 cm³/mol. The molecule has 0 aliphatic rings. The molecule has 17 heavy (non-hydrogen) atoms. The standard InChI is InChI=1S/C13H19NO3/c1-4-10(3)17-13(15)14-11-6-8-12(9-7-11)16-5-2/h6-10H,4-5H2,1-3H3,(H,14,15). The number of hydrogen-bond acceptors (Lipinski definition) is 3. The Hall–Kier alpha value is -1.71. The van der Waals surface area contributed by atoms with E-state index in [0.29, 0.717) is 12.3 Å². The van der Waals surface area contributed by atoms with E-state index >= 15 is 0 Å². The Kier molecular flexibility index (Phi) is 5.33. The van der Waals surface area contributed by atoms with Crippen molar-refractivity contribution in [3.63, 3.8) is 0 Å². The largest absolute Gasteiger partial charge is 0.494 e. The van der Waals surface area contributed by atoms with E-state index in [1.54, 1.807) is 12.1 Å². The summed E-state index contributed by atoms with van der Waals surface area (Å²) in [5.74, 6) is 0.786. The minimum atomic E-state index is -0.427. The van der Waals surface area contributed by atoms with Crippen LogP contribution in [0.1, 0.15) is 27.2 Å². The maximum atomic E-state index is 11.4. The molecule has 0 saturated heterocycles. The lowest BCUT2D eigenvalue weighted by molar-refractivity contribution is 0.118. The molecular formula is C13H19NO3. The second kappa shape index (κ2) is 6.78. The maximum absolute atomic E-state index is 11.4. The van der Waals surface area contributed by atoms with Gasteiger partial charge >= 0.3 is 6.09 Å². The molecule has 4 nitrogen and oxygen atoms in total. The molecule has 0 aliphatic carbocycles. The van der Waals surface area contributed by atoms with E-state index in [1.165, 1.54) is 0 Å². The SMILES string of the molecule is CCOc1ccc(NC(=O)OC(C)CC)cc1. The van der Waals surface area contributed by atoms with E-state index < -0.39 is 6.09 Å². The van der Waals surface area contributed by atoms with Gasteiger partial charge in [-0.1, -0.05) is 6.92 Å². The van der Waals surface area contributed by atoms with Gasteiger partial charge in [0.1, 0.15) is 11.9 Å². The molecule has 1 N–H and O–H groups in total. The fourth-order valence-electron chi connectivity index (χ4n) is 1.21. The monoisotopic (exact) mass is 237 g/mol. The van der Waals surface area contributed by atoms with Gasteiger partial charge in [-0.15, -0.1) is 0 Å².